The van der Waals surface area contributed by atoms with Crippen molar-refractivity contribution in [2.45, 2.75) is 19.8 Å². The molecule has 1 unspecified atom stereocenters. The van der Waals surface area contributed by atoms with Crippen LogP contribution in [0.2, 0.25) is 0 Å². The fraction of sp³-hybridized carbons (Fsp3) is 0.267. The molecule has 20 heavy (non-hydrogen) atoms. The Morgan fingerprint density at radius 1 is 1.40 bits per heavy atom. The molecule has 0 saturated heterocycles. The summed E-state index contributed by atoms with van der Waals surface area (Å²) in [7, 11) is 0. The Morgan fingerprint density at radius 2 is 2.05 bits per heavy atom. The first-order valence-electron chi connectivity index (χ1n) is 5.85. The second kappa shape index (κ2) is 12.5. The van der Waals surface area contributed by atoms with Gasteiger partial charge in [-0.1, -0.05) is 19.9 Å². The third-order valence-electron chi connectivity index (χ3n) is 2.21. The van der Waals surface area contributed by atoms with Gasteiger partial charge in [-0.3, -0.25) is 9.59 Å². The second-order valence-corrected chi connectivity index (χ2v) is 3.78. The second-order valence-electron chi connectivity index (χ2n) is 3.78. The maximum Gasteiger partial charge on any atom is 0.330 e. The molecule has 0 bridgehead atoms. The molecule has 0 heterocycles. The van der Waals surface area contributed by atoms with Gasteiger partial charge in [0.15, 0.2) is 12.1 Å². The standard InChI is InChI=1S/C9H7O2.C6H10O2.W/c10-7-9(11)8-5-3-1-2-4-6-8;1-3-4-5(2)6(7)8;/h1,3-8H;2-4H2,1H3,(H,7,8);/q-1;;. The van der Waals surface area contributed by atoms with Gasteiger partial charge in [0.25, 0.3) is 0 Å². The molecule has 0 fully saturated rings. The minimum Gasteiger partial charge on any atom is -0.478 e. The summed E-state index contributed by atoms with van der Waals surface area (Å²) in [6.07, 6.45) is 12.9. The van der Waals surface area contributed by atoms with Crippen molar-refractivity contribution in [3.05, 3.63) is 48.6 Å². The van der Waals surface area contributed by atoms with E-state index in [-0.39, 0.29) is 21.1 Å². The maximum absolute atomic E-state index is 10.8. The first-order chi connectivity index (χ1) is 9.02. The number of hydrogen-bond acceptors (Lipinski definition) is 3. The molecule has 1 rings (SSSR count). The van der Waals surface area contributed by atoms with E-state index in [0.29, 0.717) is 18.3 Å². The van der Waals surface area contributed by atoms with Crippen LogP contribution in [0.25, 0.3) is 0 Å². The van der Waals surface area contributed by atoms with Gasteiger partial charge in [-0.25, -0.2) is 4.79 Å². The molecule has 0 radical (unpaired) electrons. The molecular formula is C15H17O4W-. The molecule has 0 aliphatic heterocycles. The summed E-state index contributed by atoms with van der Waals surface area (Å²) >= 11 is 0. The van der Waals surface area contributed by atoms with Crippen LogP contribution in [0.5, 0.6) is 0 Å². The fourth-order valence-corrected chi connectivity index (χ4v) is 1.19. The molecule has 0 spiro atoms. The monoisotopic (exact) mass is 445 g/mol. The van der Waals surface area contributed by atoms with Crippen LogP contribution in [-0.4, -0.2) is 23.1 Å². The Labute approximate surface area is 133 Å². The number of ketones is 1. The Bertz CT molecular complexity index is 417. The van der Waals surface area contributed by atoms with Crippen LogP contribution in [0.4, 0.5) is 0 Å². The number of carbonyl (C=O) groups is 3. The van der Waals surface area contributed by atoms with E-state index >= 15 is 0 Å². The van der Waals surface area contributed by atoms with Gasteiger partial charge in [-0.05, 0) is 6.42 Å². The quantitative estimate of drug-likeness (QED) is 0.305. The van der Waals surface area contributed by atoms with Gasteiger partial charge in [0.1, 0.15) is 0 Å². The molecule has 1 atom stereocenters. The average Bonchev–Trinajstić information content (AvgIpc) is 2.67. The van der Waals surface area contributed by atoms with Crippen LogP contribution in [-0.2, 0) is 35.4 Å². The average molecular weight is 445 g/mol. The van der Waals surface area contributed by atoms with Crippen molar-refractivity contribution in [1.29, 1.82) is 0 Å². The van der Waals surface area contributed by atoms with Crippen molar-refractivity contribution in [2.75, 3.05) is 0 Å². The summed E-state index contributed by atoms with van der Waals surface area (Å²) < 4.78 is 0. The van der Waals surface area contributed by atoms with E-state index in [1.165, 1.54) is 0 Å². The first kappa shape index (κ1) is 20.8. The van der Waals surface area contributed by atoms with Gasteiger partial charge in [0, 0.05) is 32.6 Å². The van der Waals surface area contributed by atoms with Gasteiger partial charge in [-0.15, -0.1) is 6.08 Å². The van der Waals surface area contributed by atoms with Crippen molar-refractivity contribution in [3.8, 4) is 0 Å². The molecule has 1 aliphatic rings. The minimum atomic E-state index is -0.883. The molecule has 4 nitrogen and oxygen atoms in total. The predicted molar refractivity (Wildman–Crippen MR) is 72.3 cm³/mol. The Balaban J connectivity index is 0. The van der Waals surface area contributed by atoms with E-state index in [1.807, 2.05) is 6.92 Å². The molecule has 5 heteroatoms. The SMILES string of the molecule is C=C(CCC)C(=O)O.O=CC(=O)C1C=C[C-]=CC=C1.[W]. The number of carboxylic acids is 1. The summed E-state index contributed by atoms with van der Waals surface area (Å²) in [6.45, 7) is 5.27. The number of carboxylic acid groups (broad SMARTS) is 1. The van der Waals surface area contributed by atoms with Crippen molar-refractivity contribution in [3.63, 3.8) is 0 Å². The van der Waals surface area contributed by atoms with Gasteiger partial charge in [-0.2, -0.15) is 30.4 Å². The number of hydrogen-bond donors (Lipinski definition) is 1. The number of aliphatic carboxylic acids is 1. The van der Waals surface area contributed by atoms with Crippen LogP contribution in [0.15, 0.2) is 42.5 Å². The van der Waals surface area contributed by atoms with Crippen LogP contribution in [0.3, 0.4) is 0 Å². The molecule has 0 saturated carbocycles. The number of carbonyl (C=O) groups excluding carboxylic acids is 2. The van der Waals surface area contributed by atoms with Gasteiger partial charge in [0.2, 0.25) is 0 Å². The summed E-state index contributed by atoms with van der Waals surface area (Å²) in [5.74, 6) is -1.71. The van der Waals surface area contributed by atoms with Crippen LogP contribution in [0, 0.1) is 12.0 Å². The van der Waals surface area contributed by atoms with E-state index in [1.54, 1.807) is 30.4 Å². The zero-order valence-electron chi connectivity index (χ0n) is 11.2. The summed E-state index contributed by atoms with van der Waals surface area (Å²) in [5.41, 5.74) is 0.299. The van der Waals surface area contributed by atoms with E-state index in [0.717, 1.165) is 6.42 Å². The van der Waals surface area contributed by atoms with Crippen LogP contribution < -0.4 is 0 Å². The van der Waals surface area contributed by atoms with E-state index < -0.39 is 17.7 Å². The molecule has 0 aromatic heterocycles. The van der Waals surface area contributed by atoms with Crippen LogP contribution >= 0.6 is 0 Å². The van der Waals surface area contributed by atoms with Crippen molar-refractivity contribution >= 4 is 18.0 Å². The molecule has 0 amide bonds. The van der Waals surface area contributed by atoms with Gasteiger partial charge < -0.3 is 5.11 Å². The molecule has 1 aliphatic carbocycles. The van der Waals surface area contributed by atoms with E-state index in [4.69, 9.17) is 5.11 Å². The van der Waals surface area contributed by atoms with Crippen molar-refractivity contribution in [2.24, 2.45) is 5.92 Å². The van der Waals surface area contributed by atoms with Crippen molar-refractivity contribution in [1.82, 2.24) is 0 Å². The molecule has 108 valence electrons. The normalized spacial score (nSPS) is 15.2. The first-order valence-corrected chi connectivity index (χ1v) is 5.85. The number of Topliss-reactive ketones (excluding diaryl/α,β-unsaturated/α-hetero) is 1. The van der Waals surface area contributed by atoms with Gasteiger partial charge >= 0.3 is 5.97 Å². The largest absolute Gasteiger partial charge is 0.478 e. The summed E-state index contributed by atoms with van der Waals surface area (Å²) in [5, 5.41) is 8.21. The number of allylic oxidation sites excluding steroid dienone is 6. The smallest absolute Gasteiger partial charge is 0.330 e. The Hall–Kier alpha value is -1.54. The molecule has 0 aromatic carbocycles. The topological polar surface area (TPSA) is 71.4 Å². The molecule has 1 N–H and O–H groups in total. The number of aldehydes is 1. The van der Waals surface area contributed by atoms with Crippen molar-refractivity contribution < 1.29 is 40.6 Å². The van der Waals surface area contributed by atoms with Gasteiger partial charge in [0.05, 0.1) is 0 Å². The van der Waals surface area contributed by atoms with E-state index in [2.05, 4.69) is 12.7 Å². The fourth-order valence-electron chi connectivity index (χ4n) is 1.19. The third-order valence-corrected chi connectivity index (χ3v) is 2.21. The molecular weight excluding hydrogens is 428 g/mol. The Kier molecular flexibility index (Phi) is 13.0. The van der Waals surface area contributed by atoms with E-state index in [9.17, 15) is 14.4 Å². The predicted octanol–water partition coefficient (Wildman–Crippen LogP) is 2.28. The summed E-state index contributed by atoms with van der Waals surface area (Å²) in [4.78, 5) is 30.9. The number of rotatable bonds is 5. The zero-order chi connectivity index (χ0) is 14.7. The minimum absolute atomic E-state index is 0. The maximum atomic E-state index is 10.8. The zero-order valence-corrected chi connectivity index (χ0v) is 14.2. The third kappa shape index (κ3) is 9.40. The van der Waals surface area contributed by atoms with Crippen LogP contribution in [0.1, 0.15) is 19.8 Å². The molecule has 0 aromatic rings. The Morgan fingerprint density at radius 3 is 2.50 bits per heavy atom. The summed E-state index contributed by atoms with van der Waals surface area (Å²) in [6, 6.07) is 0.